The number of carbonyl (C=O) groups excluding carboxylic acids is 1. The topological polar surface area (TPSA) is 41.6 Å². The summed E-state index contributed by atoms with van der Waals surface area (Å²) in [4.78, 5) is 12.9. The highest BCUT2D eigenvalue weighted by Gasteiger charge is 2.18. The van der Waals surface area contributed by atoms with Crippen LogP contribution in [0, 0.1) is 0 Å². The van der Waals surface area contributed by atoms with Crippen molar-refractivity contribution in [2.45, 2.75) is 0 Å². The van der Waals surface area contributed by atoms with Crippen LogP contribution in [0.15, 0.2) is 24.3 Å². The smallest absolute Gasteiger partial charge is 0.317 e. The largest absolute Gasteiger partial charge is 0.492 e. The first-order valence-corrected chi connectivity index (χ1v) is 5.54. The van der Waals surface area contributed by atoms with Crippen LogP contribution in [0.25, 0.3) is 0 Å². The summed E-state index contributed by atoms with van der Waals surface area (Å²) in [5.41, 5.74) is 0. The zero-order valence-electron chi connectivity index (χ0n) is 8.78. The molecule has 0 aromatic heterocycles. The highest BCUT2D eigenvalue weighted by atomic mass is 35.5. The van der Waals surface area contributed by atoms with Gasteiger partial charge in [-0.2, -0.15) is 0 Å². The summed E-state index contributed by atoms with van der Waals surface area (Å²) in [6.07, 6.45) is 0. The molecule has 1 N–H and O–H groups in total. The molecule has 0 saturated carbocycles. The van der Waals surface area contributed by atoms with Gasteiger partial charge in [-0.15, -0.1) is 0 Å². The molecule has 1 aromatic carbocycles. The summed E-state index contributed by atoms with van der Waals surface area (Å²) < 4.78 is 5.49. The third-order valence-corrected chi connectivity index (χ3v) is 2.64. The molecular formula is C11H13ClN2O2. The van der Waals surface area contributed by atoms with Crippen LogP contribution in [0.1, 0.15) is 0 Å². The Hall–Kier alpha value is -1.42. The molecule has 1 aliphatic rings. The number of urea groups is 1. The second kappa shape index (κ2) is 5.07. The molecule has 16 heavy (non-hydrogen) atoms. The lowest BCUT2D eigenvalue weighted by molar-refractivity contribution is 0.202. The molecule has 2 amide bonds. The van der Waals surface area contributed by atoms with E-state index in [1.807, 2.05) is 12.1 Å². The second-order valence-electron chi connectivity index (χ2n) is 3.52. The van der Waals surface area contributed by atoms with Crippen LogP contribution in [0.5, 0.6) is 5.75 Å². The monoisotopic (exact) mass is 240 g/mol. The van der Waals surface area contributed by atoms with E-state index < -0.39 is 0 Å². The molecule has 0 unspecified atom stereocenters. The van der Waals surface area contributed by atoms with Crippen molar-refractivity contribution >= 4 is 17.6 Å². The van der Waals surface area contributed by atoms with Gasteiger partial charge in [-0.25, -0.2) is 4.79 Å². The summed E-state index contributed by atoms with van der Waals surface area (Å²) >= 11 is 5.75. The predicted octanol–water partition coefficient (Wildman–Crippen LogP) is 1.74. The first-order chi connectivity index (χ1) is 7.75. The number of nitrogens with one attached hydrogen (secondary N) is 1. The fraction of sp³-hybridized carbons (Fsp3) is 0.364. The molecule has 4 nitrogen and oxygen atoms in total. The average molecular weight is 241 g/mol. The Morgan fingerprint density at radius 1 is 1.38 bits per heavy atom. The molecule has 2 rings (SSSR count). The van der Waals surface area contributed by atoms with Crippen molar-refractivity contribution in [2.75, 3.05) is 26.2 Å². The van der Waals surface area contributed by atoms with E-state index in [1.54, 1.807) is 17.0 Å². The minimum Gasteiger partial charge on any atom is -0.492 e. The molecule has 1 aliphatic heterocycles. The van der Waals surface area contributed by atoms with Gasteiger partial charge in [-0.05, 0) is 24.3 Å². The molecule has 0 atom stereocenters. The van der Waals surface area contributed by atoms with E-state index in [4.69, 9.17) is 16.3 Å². The maximum absolute atomic E-state index is 11.2. The van der Waals surface area contributed by atoms with Crippen molar-refractivity contribution in [3.8, 4) is 5.75 Å². The minimum atomic E-state index is -0.0142. The Kier molecular flexibility index (Phi) is 3.51. The normalized spacial score (nSPS) is 15.1. The Labute approximate surface area is 99.1 Å². The van der Waals surface area contributed by atoms with Crippen LogP contribution in [-0.2, 0) is 0 Å². The number of hydrogen-bond acceptors (Lipinski definition) is 2. The third kappa shape index (κ3) is 2.79. The quantitative estimate of drug-likeness (QED) is 0.871. The van der Waals surface area contributed by atoms with Crippen molar-refractivity contribution in [1.29, 1.82) is 0 Å². The molecule has 5 heteroatoms. The summed E-state index contributed by atoms with van der Waals surface area (Å²) in [6.45, 7) is 2.58. The first kappa shape index (κ1) is 11.1. The number of halogens is 1. The molecule has 0 spiro atoms. The molecule has 86 valence electrons. The third-order valence-electron chi connectivity index (χ3n) is 2.39. The number of nitrogens with zero attached hydrogens (tertiary/aromatic N) is 1. The van der Waals surface area contributed by atoms with E-state index in [-0.39, 0.29) is 6.03 Å². The number of amides is 2. The fourth-order valence-electron chi connectivity index (χ4n) is 1.53. The van der Waals surface area contributed by atoms with E-state index >= 15 is 0 Å². The summed E-state index contributed by atoms with van der Waals surface area (Å²) in [6, 6.07) is 7.16. The molecule has 0 radical (unpaired) electrons. The van der Waals surface area contributed by atoms with E-state index in [0.717, 1.165) is 18.8 Å². The van der Waals surface area contributed by atoms with Crippen LogP contribution in [0.2, 0.25) is 5.02 Å². The zero-order chi connectivity index (χ0) is 11.4. The Morgan fingerprint density at radius 2 is 2.12 bits per heavy atom. The van der Waals surface area contributed by atoms with Crippen molar-refractivity contribution in [1.82, 2.24) is 10.2 Å². The zero-order valence-corrected chi connectivity index (χ0v) is 9.54. The van der Waals surface area contributed by atoms with Crippen LogP contribution in [0.3, 0.4) is 0 Å². The van der Waals surface area contributed by atoms with Gasteiger partial charge in [0, 0.05) is 18.1 Å². The maximum Gasteiger partial charge on any atom is 0.317 e. The van der Waals surface area contributed by atoms with Gasteiger partial charge in [-0.3, -0.25) is 0 Å². The molecule has 1 saturated heterocycles. The van der Waals surface area contributed by atoms with E-state index in [2.05, 4.69) is 5.32 Å². The first-order valence-electron chi connectivity index (χ1n) is 5.17. The van der Waals surface area contributed by atoms with Crippen LogP contribution >= 0.6 is 11.6 Å². The van der Waals surface area contributed by atoms with Gasteiger partial charge in [0.25, 0.3) is 0 Å². The van der Waals surface area contributed by atoms with Crippen LogP contribution in [0.4, 0.5) is 4.79 Å². The van der Waals surface area contributed by atoms with Gasteiger partial charge in [0.2, 0.25) is 0 Å². The van der Waals surface area contributed by atoms with Crippen molar-refractivity contribution in [2.24, 2.45) is 0 Å². The Balaban J connectivity index is 1.75. The van der Waals surface area contributed by atoms with Gasteiger partial charge in [0.15, 0.2) is 0 Å². The minimum absolute atomic E-state index is 0.0142. The Morgan fingerprint density at radius 3 is 2.75 bits per heavy atom. The van der Waals surface area contributed by atoms with Crippen molar-refractivity contribution < 1.29 is 9.53 Å². The van der Waals surface area contributed by atoms with E-state index in [9.17, 15) is 4.79 Å². The fourth-order valence-corrected chi connectivity index (χ4v) is 1.65. The average Bonchev–Trinajstić information content (AvgIpc) is 2.68. The second-order valence-corrected chi connectivity index (χ2v) is 3.96. The number of carbonyl (C=O) groups is 1. The molecule has 1 fully saturated rings. The highest BCUT2D eigenvalue weighted by molar-refractivity contribution is 6.30. The van der Waals surface area contributed by atoms with Crippen LogP contribution in [-0.4, -0.2) is 37.2 Å². The van der Waals surface area contributed by atoms with E-state index in [1.165, 1.54) is 0 Å². The molecule has 0 aliphatic carbocycles. The number of hydrogen-bond donors (Lipinski definition) is 1. The molecule has 1 heterocycles. The standard InChI is InChI=1S/C11H13ClN2O2/c12-9-1-3-10(4-2-9)16-8-7-14-6-5-13-11(14)15/h1-4H,5-8H2,(H,13,15). The Bertz CT molecular complexity index is 367. The summed E-state index contributed by atoms with van der Waals surface area (Å²) in [5.74, 6) is 0.768. The van der Waals surface area contributed by atoms with Gasteiger partial charge in [0.05, 0.1) is 6.54 Å². The number of ether oxygens (including phenoxy) is 1. The summed E-state index contributed by atoms with van der Waals surface area (Å²) in [7, 11) is 0. The highest BCUT2D eigenvalue weighted by Crippen LogP contribution is 2.15. The van der Waals surface area contributed by atoms with Gasteiger partial charge < -0.3 is 15.0 Å². The lowest BCUT2D eigenvalue weighted by atomic mass is 10.3. The van der Waals surface area contributed by atoms with Crippen LogP contribution < -0.4 is 10.1 Å². The van der Waals surface area contributed by atoms with Crippen molar-refractivity contribution in [3.05, 3.63) is 29.3 Å². The SMILES string of the molecule is O=C1NCCN1CCOc1ccc(Cl)cc1. The van der Waals surface area contributed by atoms with Crippen molar-refractivity contribution in [3.63, 3.8) is 0 Å². The predicted molar refractivity (Wildman–Crippen MR) is 61.9 cm³/mol. The number of benzene rings is 1. The molecule has 1 aromatic rings. The van der Waals surface area contributed by atoms with Gasteiger partial charge >= 0.3 is 6.03 Å². The van der Waals surface area contributed by atoms with Gasteiger partial charge in [-0.1, -0.05) is 11.6 Å². The molecular weight excluding hydrogens is 228 g/mol. The molecule has 0 bridgehead atoms. The van der Waals surface area contributed by atoms with Gasteiger partial charge in [0.1, 0.15) is 12.4 Å². The summed E-state index contributed by atoms with van der Waals surface area (Å²) in [5, 5.41) is 3.43. The maximum atomic E-state index is 11.2. The number of rotatable bonds is 4. The lowest BCUT2D eigenvalue weighted by Crippen LogP contribution is -2.31. The lowest BCUT2D eigenvalue weighted by Gasteiger charge is -2.14. The van der Waals surface area contributed by atoms with E-state index in [0.29, 0.717) is 18.2 Å².